The first-order valence-electron chi connectivity index (χ1n) is 7.84. The van der Waals surface area contributed by atoms with E-state index < -0.39 is 11.2 Å². The van der Waals surface area contributed by atoms with Crippen LogP contribution in [0.25, 0.3) is 0 Å². The summed E-state index contributed by atoms with van der Waals surface area (Å²) in [5.74, 6) is -0.218. The number of aryl methyl sites for hydroxylation is 1. The lowest BCUT2D eigenvalue weighted by atomic mass is 9.68. The van der Waals surface area contributed by atoms with E-state index in [1.807, 2.05) is 11.9 Å². The molecule has 0 bridgehead atoms. The van der Waals surface area contributed by atoms with Crippen molar-refractivity contribution < 1.29 is 14.3 Å². The number of nitrogens with zero attached hydrogens (tertiary/aromatic N) is 1. The Morgan fingerprint density at radius 3 is 2.41 bits per heavy atom. The van der Waals surface area contributed by atoms with E-state index in [0.717, 1.165) is 41.4 Å². The van der Waals surface area contributed by atoms with E-state index in [9.17, 15) is 4.79 Å². The van der Waals surface area contributed by atoms with Gasteiger partial charge >= 0.3 is 0 Å². The fourth-order valence-corrected chi connectivity index (χ4v) is 4.98. The van der Waals surface area contributed by atoms with Gasteiger partial charge in [0.05, 0.1) is 24.3 Å². The molecule has 4 nitrogen and oxygen atoms in total. The molecule has 1 aromatic rings. The maximum Gasteiger partial charge on any atom is 0.237 e. The van der Waals surface area contributed by atoms with Crippen LogP contribution in [0.4, 0.5) is 5.69 Å². The number of anilines is 1. The summed E-state index contributed by atoms with van der Waals surface area (Å²) in [6, 6.07) is 4.20. The summed E-state index contributed by atoms with van der Waals surface area (Å²) in [6.45, 7) is 3.41. The molecule has 3 aliphatic rings. The lowest BCUT2D eigenvalue weighted by Gasteiger charge is -2.40. The van der Waals surface area contributed by atoms with Gasteiger partial charge < -0.3 is 14.4 Å². The van der Waals surface area contributed by atoms with E-state index in [4.69, 9.17) is 9.47 Å². The molecule has 1 aliphatic carbocycles. The zero-order valence-corrected chi connectivity index (χ0v) is 14.5. The van der Waals surface area contributed by atoms with Gasteiger partial charge in [-0.15, -0.1) is 0 Å². The molecule has 5 heteroatoms. The van der Waals surface area contributed by atoms with Crippen molar-refractivity contribution in [3.8, 4) is 0 Å². The summed E-state index contributed by atoms with van der Waals surface area (Å²) in [6.07, 6.45) is 3.16. The molecule has 118 valence electrons. The Hall–Kier alpha value is -0.910. The van der Waals surface area contributed by atoms with Crippen molar-refractivity contribution in [1.82, 2.24) is 0 Å². The highest BCUT2D eigenvalue weighted by Crippen LogP contribution is 2.54. The van der Waals surface area contributed by atoms with Crippen LogP contribution in [0.1, 0.15) is 36.8 Å². The van der Waals surface area contributed by atoms with Gasteiger partial charge in [-0.05, 0) is 43.0 Å². The number of rotatable bonds is 0. The minimum atomic E-state index is -0.437. The fourth-order valence-electron chi connectivity index (χ4n) is 4.41. The first-order chi connectivity index (χ1) is 10.5. The molecule has 2 spiro atoms. The molecular formula is C17H20BrNO3. The van der Waals surface area contributed by atoms with Crippen LogP contribution >= 0.6 is 15.9 Å². The maximum absolute atomic E-state index is 13.0. The maximum atomic E-state index is 13.0. The second-order valence-corrected chi connectivity index (χ2v) is 7.59. The number of fused-ring (bicyclic) bond motifs is 2. The van der Waals surface area contributed by atoms with Crippen molar-refractivity contribution in [2.24, 2.45) is 0 Å². The molecule has 0 aromatic heterocycles. The molecule has 0 radical (unpaired) electrons. The van der Waals surface area contributed by atoms with Crippen LogP contribution in [-0.4, -0.2) is 32.0 Å². The third-order valence-corrected chi connectivity index (χ3v) is 5.97. The molecule has 2 heterocycles. The van der Waals surface area contributed by atoms with Gasteiger partial charge in [0.15, 0.2) is 5.79 Å². The van der Waals surface area contributed by atoms with Crippen molar-refractivity contribution in [2.75, 3.05) is 25.2 Å². The van der Waals surface area contributed by atoms with E-state index in [1.54, 1.807) is 0 Å². The molecule has 2 fully saturated rings. The Balaban J connectivity index is 1.76. The fraction of sp³-hybridized carbons (Fsp3) is 0.588. The summed E-state index contributed by atoms with van der Waals surface area (Å²) in [4.78, 5) is 14.9. The first kappa shape index (κ1) is 14.7. The largest absolute Gasteiger partial charge is 0.348 e. The van der Waals surface area contributed by atoms with Gasteiger partial charge in [0.1, 0.15) is 0 Å². The topological polar surface area (TPSA) is 38.8 Å². The predicted molar refractivity (Wildman–Crippen MR) is 87.1 cm³/mol. The van der Waals surface area contributed by atoms with Crippen LogP contribution in [0.2, 0.25) is 0 Å². The smallest absolute Gasteiger partial charge is 0.237 e. The summed E-state index contributed by atoms with van der Waals surface area (Å²) < 4.78 is 12.7. The van der Waals surface area contributed by atoms with E-state index in [-0.39, 0.29) is 5.91 Å². The Bertz CT molecular complexity index is 642. The van der Waals surface area contributed by atoms with Crippen LogP contribution in [0.3, 0.4) is 0 Å². The SMILES string of the molecule is Cc1cc(Br)cc2c1N(C)C(=O)C21CCC2(CC1)OCCO2. The van der Waals surface area contributed by atoms with Gasteiger partial charge in [-0.2, -0.15) is 0 Å². The number of carbonyl (C=O) groups excluding carboxylic acids is 1. The highest BCUT2D eigenvalue weighted by molar-refractivity contribution is 9.10. The van der Waals surface area contributed by atoms with Gasteiger partial charge in [-0.1, -0.05) is 15.9 Å². The second kappa shape index (κ2) is 4.79. The van der Waals surface area contributed by atoms with Gasteiger partial charge in [-0.25, -0.2) is 0 Å². The molecule has 22 heavy (non-hydrogen) atoms. The van der Waals surface area contributed by atoms with Crippen molar-refractivity contribution in [3.05, 3.63) is 27.7 Å². The van der Waals surface area contributed by atoms with Crippen molar-refractivity contribution in [2.45, 2.75) is 43.8 Å². The summed E-state index contributed by atoms with van der Waals surface area (Å²) in [5.41, 5.74) is 2.99. The number of benzene rings is 1. The lowest BCUT2D eigenvalue weighted by molar-refractivity contribution is -0.185. The van der Waals surface area contributed by atoms with Gasteiger partial charge in [0.25, 0.3) is 0 Å². The van der Waals surface area contributed by atoms with E-state index in [2.05, 4.69) is 35.0 Å². The second-order valence-electron chi connectivity index (χ2n) is 6.67. The quantitative estimate of drug-likeness (QED) is 0.707. The van der Waals surface area contributed by atoms with Crippen LogP contribution in [-0.2, 0) is 19.7 Å². The monoisotopic (exact) mass is 365 g/mol. The van der Waals surface area contributed by atoms with Crippen LogP contribution in [0.15, 0.2) is 16.6 Å². The van der Waals surface area contributed by atoms with E-state index in [1.165, 1.54) is 5.56 Å². The zero-order valence-electron chi connectivity index (χ0n) is 12.9. The molecule has 4 rings (SSSR count). The number of likely N-dealkylation sites (N-methyl/N-ethyl adjacent to an activating group) is 1. The number of ether oxygens (including phenoxy) is 2. The summed E-state index contributed by atoms with van der Waals surface area (Å²) in [5, 5.41) is 0. The zero-order chi connectivity index (χ0) is 15.5. The molecule has 2 aliphatic heterocycles. The summed E-state index contributed by atoms with van der Waals surface area (Å²) >= 11 is 3.59. The van der Waals surface area contributed by atoms with Crippen molar-refractivity contribution >= 4 is 27.5 Å². The number of amides is 1. The molecule has 0 N–H and O–H groups in total. The minimum absolute atomic E-state index is 0.219. The molecule has 1 saturated carbocycles. The molecule has 1 aromatic carbocycles. The number of hydrogen-bond acceptors (Lipinski definition) is 3. The standard InChI is InChI=1S/C17H20BrNO3/c1-11-9-12(18)10-13-14(11)19(2)15(20)16(13)3-5-17(6-4-16)21-7-8-22-17/h9-10H,3-8H2,1-2H3. The van der Waals surface area contributed by atoms with Crippen molar-refractivity contribution in [3.63, 3.8) is 0 Å². The Morgan fingerprint density at radius 2 is 1.77 bits per heavy atom. The van der Waals surface area contributed by atoms with E-state index in [0.29, 0.717) is 13.2 Å². The van der Waals surface area contributed by atoms with Gasteiger partial charge in [-0.3, -0.25) is 4.79 Å². The third-order valence-electron chi connectivity index (χ3n) is 5.51. The summed E-state index contributed by atoms with van der Waals surface area (Å²) in [7, 11) is 1.89. The number of halogens is 1. The Labute approximate surface area is 138 Å². The van der Waals surface area contributed by atoms with E-state index >= 15 is 0 Å². The number of hydrogen-bond donors (Lipinski definition) is 0. The van der Waals surface area contributed by atoms with Crippen molar-refractivity contribution in [1.29, 1.82) is 0 Å². The lowest BCUT2D eigenvalue weighted by Crippen LogP contribution is -2.47. The first-order valence-corrected chi connectivity index (χ1v) is 8.64. The number of carbonyl (C=O) groups is 1. The molecular weight excluding hydrogens is 346 g/mol. The molecule has 1 saturated heterocycles. The van der Waals surface area contributed by atoms with Gasteiger partial charge in [0.2, 0.25) is 5.91 Å². The predicted octanol–water partition coefficient (Wildman–Crippen LogP) is 3.29. The van der Waals surface area contributed by atoms with Crippen LogP contribution < -0.4 is 4.90 Å². The minimum Gasteiger partial charge on any atom is -0.348 e. The Morgan fingerprint density at radius 1 is 1.14 bits per heavy atom. The molecule has 1 amide bonds. The molecule has 0 atom stereocenters. The van der Waals surface area contributed by atoms with Gasteiger partial charge in [0, 0.05) is 24.4 Å². The van der Waals surface area contributed by atoms with Crippen LogP contribution in [0, 0.1) is 6.92 Å². The van der Waals surface area contributed by atoms with Crippen LogP contribution in [0.5, 0.6) is 0 Å². The average Bonchev–Trinajstić information content (AvgIpc) is 3.01. The highest BCUT2D eigenvalue weighted by Gasteiger charge is 2.55. The average molecular weight is 366 g/mol. The molecule has 0 unspecified atom stereocenters. The normalized spacial score (nSPS) is 25.2. The third kappa shape index (κ3) is 1.85. The highest BCUT2D eigenvalue weighted by atomic mass is 79.9. The Kier molecular flexibility index (Phi) is 3.19.